The Kier molecular flexibility index (Phi) is 3.84. The number of methoxy groups -OCH3 is 1. The van der Waals surface area contributed by atoms with Crippen molar-refractivity contribution >= 4 is 0 Å². The number of nitrogens with zero attached hydrogens (tertiary/aromatic N) is 2. The van der Waals surface area contributed by atoms with E-state index < -0.39 is 0 Å². The standard InChI is InChI=1S/C18H20FN3O2/c1-24-16-4-2-3-14(19)13(16)9-22-8-7-12-15(10-22)20-17(11-5-6-11)21-18(12)23/h2-4,11H,5-10H2,1H3,(H,20,21,23). The van der Waals surface area contributed by atoms with Gasteiger partial charge in [-0.05, 0) is 31.4 Å². The second-order valence-corrected chi connectivity index (χ2v) is 6.53. The van der Waals surface area contributed by atoms with Crippen LogP contribution in [-0.2, 0) is 19.5 Å². The molecule has 4 rings (SSSR count). The van der Waals surface area contributed by atoms with Gasteiger partial charge < -0.3 is 9.72 Å². The van der Waals surface area contributed by atoms with E-state index in [2.05, 4.69) is 14.9 Å². The summed E-state index contributed by atoms with van der Waals surface area (Å²) in [6.07, 6.45) is 2.83. The summed E-state index contributed by atoms with van der Waals surface area (Å²) in [5, 5.41) is 0. The number of ether oxygens (including phenoxy) is 1. The highest BCUT2D eigenvalue weighted by molar-refractivity contribution is 5.35. The molecule has 5 nitrogen and oxygen atoms in total. The Labute approximate surface area is 139 Å². The number of benzene rings is 1. The predicted octanol–water partition coefficient (Wildman–Crippen LogP) is 2.35. The number of fused-ring (bicyclic) bond motifs is 1. The van der Waals surface area contributed by atoms with Crippen molar-refractivity contribution < 1.29 is 9.13 Å². The van der Waals surface area contributed by atoms with Crippen molar-refractivity contribution in [3.8, 4) is 5.75 Å². The van der Waals surface area contributed by atoms with E-state index in [0.29, 0.717) is 43.3 Å². The van der Waals surface area contributed by atoms with Crippen molar-refractivity contribution in [2.75, 3.05) is 13.7 Å². The number of halogens is 1. The van der Waals surface area contributed by atoms with Crippen LogP contribution in [0.15, 0.2) is 23.0 Å². The van der Waals surface area contributed by atoms with Crippen molar-refractivity contribution in [3.05, 3.63) is 57.0 Å². The van der Waals surface area contributed by atoms with E-state index in [1.807, 2.05) is 0 Å². The first-order valence-electron chi connectivity index (χ1n) is 8.31. The molecule has 0 unspecified atom stereocenters. The molecule has 1 aromatic heterocycles. The summed E-state index contributed by atoms with van der Waals surface area (Å²) in [6, 6.07) is 4.86. The van der Waals surface area contributed by atoms with E-state index in [1.54, 1.807) is 19.2 Å². The summed E-state index contributed by atoms with van der Waals surface area (Å²) in [6.45, 7) is 1.72. The summed E-state index contributed by atoms with van der Waals surface area (Å²) in [4.78, 5) is 22.0. The molecule has 0 atom stereocenters. The minimum absolute atomic E-state index is 0.00924. The molecule has 2 heterocycles. The number of hydrogen-bond donors (Lipinski definition) is 1. The van der Waals surface area contributed by atoms with E-state index >= 15 is 0 Å². The lowest BCUT2D eigenvalue weighted by atomic mass is 10.0. The molecular weight excluding hydrogens is 309 g/mol. The zero-order valence-corrected chi connectivity index (χ0v) is 13.6. The fourth-order valence-electron chi connectivity index (χ4n) is 3.31. The maximum Gasteiger partial charge on any atom is 0.254 e. The monoisotopic (exact) mass is 329 g/mol. The lowest BCUT2D eigenvalue weighted by Gasteiger charge is -2.28. The molecule has 1 aliphatic carbocycles. The summed E-state index contributed by atoms with van der Waals surface area (Å²) >= 11 is 0. The number of aromatic nitrogens is 2. The lowest BCUT2D eigenvalue weighted by molar-refractivity contribution is 0.232. The fourth-order valence-corrected chi connectivity index (χ4v) is 3.31. The first-order valence-corrected chi connectivity index (χ1v) is 8.31. The van der Waals surface area contributed by atoms with E-state index in [0.717, 1.165) is 29.9 Å². The second-order valence-electron chi connectivity index (χ2n) is 6.53. The lowest BCUT2D eigenvalue weighted by Crippen LogP contribution is -2.35. The molecule has 0 amide bonds. The topological polar surface area (TPSA) is 58.2 Å². The molecule has 24 heavy (non-hydrogen) atoms. The van der Waals surface area contributed by atoms with Crippen LogP contribution < -0.4 is 10.3 Å². The quantitative estimate of drug-likeness (QED) is 0.935. The normalized spacial score (nSPS) is 17.6. The van der Waals surface area contributed by atoms with Crippen LogP contribution in [0.3, 0.4) is 0 Å². The van der Waals surface area contributed by atoms with E-state index in [4.69, 9.17) is 4.74 Å². The Morgan fingerprint density at radius 3 is 3.00 bits per heavy atom. The molecule has 0 saturated heterocycles. The largest absolute Gasteiger partial charge is 0.496 e. The van der Waals surface area contributed by atoms with Gasteiger partial charge in [0, 0.05) is 36.7 Å². The summed E-state index contributed by atoms with van der Waals surface area (Å²) in [7, 11) is 1.55. The third kappa shape index (κ3) is 2.82. The number of nitrogens with one attached hydrogen (secondary N) is 1. The Morgan fingerprint density at radius 1 is 1.42 bits per heavy atom. The molecular formula is C18H20FN3O2. The molecule has 0 bridgehead atoms. The van der Waals surface area contributed by atoms with Gasteiger partial charge in [-0.25, -0.2) is 9.37 Å². The van der Waals surface area contributed by atoms with Gasteiger partial charge in [0.25, 0.3) is 5.56 Å². The van der Waals surface area contributed by atoms with Crippen LogP contribution in [0.1, 0.15) is 41.4 Å². The van der Waals surface area contributed by atoms with Crippen LogP contribution in [0.5, 0.6) is 5.75 Å². The van der Waals surface area contributed by atoms with E-state index in [9.17, 15) is 9.18 Å². The first-order chi connectivity index (χ1) is 11.7. The Hall–Kier alpha value is -2.21. The van der Waals surface area contributed by atoms with Gasteiger partial charge in [-0.1, -0.05) is 6.07 Å². The third-order valence-electron chi connectivity index (χ3n) is 4.81. The smallest absolute Gasteiger partial charge is 0.254 e. The highest BCUT2D eigenvalue weighted by Crippen LogP contribution is 2.38. The molecule has 1 fully saturated rings. The highest BCUT2D eigenvalue weighted by Gasteiger charge is 2.29. The summed E-state index contributed by atoms with van der Waals surface area (Å²) < 4.78 is 19.4. The number of rotatable bonds is 4. The Balaban J connectivity index is 1.59. The van der Waals surface area contributed by atoms with Gasteiger partial charge in [-0.15, -0.1) is 0 Å². The van der Waals surface area contributed by atoms with Crippen LogP contribution in [0.25, 0.3) is 0 Å². The minimum Gasteiger partial charge on any atom is -0.496 e. The van der Waals surface area contributed by atoms with Crippen LogP contribution in [0.2, 0.25) is 0 Å². The molecule has 1 aromatic carbocycles. The Bertz CT molecular complexity index is 829. The SMILES string of the molecule is COc1cccc(F)c1CN1CCc2c(nc(C3CC3)[nH]c2=O)C1. The molecule has 126 valence electrons. The van der Waals surface area contributed by atoms with E-state index in [-0.39, 0.29) is 11.4 Å². The zero-order chi connectivity index (χ0) is 16.7. The molecule has 1 aliphatic heterocycles. The zero-order valence-electron chi connectivity index (χ0n) is 13.6. The molecule has 0 spiro atoms. The van der Waals surface area contributed by atoms with Crippen LogP contribution >= 0.6 is 0 Å². The van der Waals surface area contributed by atoms with Crippen molar-refractivity contribution in [2.45, 2.75) is 38.3 Å². The van der Waals surface area contributed by atoms with Crippen LogP contribution in [-0.4, -0.2) is 28.5 Å². The molecule has 0 radical (unpaired) electrons. The number of aromatic amines is 1. The second kappa shape index (κ2) is 6.02. The van der Waals surface area contributed by atoms with Gasteiger partial charge in [0.1, 0.15) is 17.4 Å². The third-order valence-corrected chi connectivity index (χ3v) is 4.81. The van der Waals surface area contributed by atoms with Gasteiger partial charge in [0.05, 0.1) is 12.8 Å². The summed E-state index contributed by atoms with van der Waals surface area (Å²) in [5.41, 5.74) is 2.15. The van der Waals surface area contributed by atoms with Gasteiger partial charge in [-0.2, -0.15) is 0 Å². The molecule has 1 saturated carbocycles. The van der Waals surface area contributed by atoms with E-state index in [1.165, 1.54) is 6.07 Å². The minimum atomic E-state index is -0.266. The van der Waals surface area contributed by atoms with Crippen molar-refractivity contribution in [3.63, 3.8) is 0 Å². The van der Waals surface area contributed by atoms with Crippen LogP contribution in [0, 0.1) is 5.82 Å². The highest BCUT2D eigenvalue weighted by atomic mass is 19.1. The average Bonchev–Trinajstić information content (AvgIpc) is 3.41. The molecule has 2 aliphatic rings. The van der Waals surface area contributed by atoms with Crippen molar-refractivity contribution in [1.29, 1.82) is 0 Å². The first kappa shape index (κ1) is 15.3. The summed E-state index contributed by atoms with van der Waals surface area (Å²) in [5.74, 6) is 1.50. The van der Waals surface area contributed by atoms with Gasteiger partial charge in [-0.3, -0.25) is 9.69 Å². The van der Waals surface area contributed by atoms with Gasteiger partial charge in [0.15, 0.2) is 0 Å². The Morgan fingerprint density at radius 2 is 2.25 bits per heavy atom. The predicted molar refractivity (Wildman–Crippen MR) is 87.6 cm³/mol. The average molecular weight is 329 g/mol. The molecule has 2 aromatic rings. The number of hydrogen-bond acceptors (Lipinski definition) is 4. The maximum atomic E-state index is 14.2. The fraction of sp³-hybridized carbons (Fsp3) is 0.444. The van der Waals surface area contributed by atoms with Crippen molar-refractivity contribution in [2.24, 2.45) is 0 Å². The number of H-pyrrole nitrogens is 1. The van der Waals surface area contributed by atoms with Crippen molar-refractivity contribution in [1.82, 2.24) is 14.9 Å². The molecule has 1 N–H and O–H groups in total. The van der Waals surface area contributed by atoms with Gasteiger partial charge >= 0.3 is 0 Å². The van der Waals surface area contributed by atoms with Crippen LogP contribution in [0.4, 0.5) is 4.39 Å². The molecule has 6 heteroatoms. The van der Waals surface area contributed by atoms with Gasteiger partial charge in [0.2, 0.25) is 0 Å². The maximum absolute atomic E-state index is 14.2.